The maximum absolute atomic E-state index is 12.3. The van der Waals surface area contributed by atoms with Gasteiger partial charge in [0.25, 0.3) is 0 Å². The Labute approximate surface area is 107 Å². The highest BCUT2D eigenvalue weighted by Crippen LogP contribution is 2.45. The van der Waals surface area contributed by atoms with Crippen LogP contribution in [0, 0.1) is 0 Å². The van der Waals surface area contributed by atoms with E-state index in [0.29, 0.717) is 21.2 Å². The van der Waals surface area contributed by atoms with Crippen LogP contribution in [0.15, 0.2) is 23.1 Å². The van der Waals surface area contributed by atoms with Crippen molar-refractivity contribution in [1.82, 2.24) is 9.59 Å². The van der Waals surface area contributed by atoms with Crippen LogP contribution >= 0.6 is 23.1 Å². The summed E-state index contributed by atoms with van der Waals surface area (Å²) in [6, 6.07) is 4.74. The number of fused-ring (bicyclic) bond motifs is 3. The largest absolute Gasteiger partial charge is 0.223 e. The third-order valence-corrected chi connectivity index (χ3v) is 6.28. The van der Waals surface area contributed by atoms with Crippen molar-refractivity contribution in [3.63, 3.8) is 0 Å². The van der Waals surface area contributed by atoms with Crippen molar-refractivity contribution in [3.8, 4) is 11.3 Å². The quantitative estimate of drug-likeness (QED) is 0.747. The van der Waals surface area contributed by atoms with Crippen LogP contribution in [0.5, 0.6) is 0 Å². The summed E-state index contributed by atoms with van der Waals surface area (Å²) in [5.41, 5.74) is 1.19. The van der Waals surface area contributed by atoms with Gasteiger partial charge in [-0.25, -0.2) is 8.42 Å². The van der Waals surface area contributed by atoms with E-state index >= 15 is 0 Å². The van der Waals surface area contributed by atoms with E-state index in [4.69, 9.17) is 11.6 Å². The molecule has 0 unspecified atom stereocenters. The smallest absolute Gasteiger partial charge is 0.186 e. The predicted octanol–water partition coefficient (Wildman–Crippen LogP) is 2.71. The van der Waals surface area contributed by atoms with Gasteiger partial charge in [-0.1, -0.05) is 16.1 Å². The Morgan fingerprint density at radius 1 is 1.41 bits per heavy atom. The topological polar surface area (TPSA) is 59.9 Å². The zero-order chi connectivity index (χ0) is 12.2. The lowest BCUT2D eigenvalue weighted by atomic mass is 10.1. The van der Waals surface area contributed by atoms with E-state index in [1.807, 2.05) is 0 Å². The number of sulfone groups is 1. The molecule has 2 heterocycles. The van der Waals surface area contributed by atoms with Crippen LogP contribution < -0.4 is 0 Å². The molecule has 4 nitrogen and oxygen atoms in total. The Morgan fingerprint density at radius 3 is 2.94 bits per heavy atom. The van der Waals surface area contributed by atoms with Gasteiger partial charge in [0.2, 0.25) is 0 Å². The minimum absolute atomic E-state index is 0.287. The minimum atomic E-state index is -3.35. The van der Waals surface area contributed by atoms with Crippen molar-refractivity contribution in [3.05, 3.63) is 28.1 Å². The molecule has 0 amide bonds. The van der Waals surface area contributed by atoms with Crippen LogP contribution in [-0.4, -0.2) is 18.0 Å². The lowest BCUT2D eigenvalue weighted by Crippen LogP contribution is -2.16. The Hall–Kier alpha value is -0.980. The zero-order valence-electron chi connectivity index (χ0n) is 8.71. The SMILES string of the molecule is C[C@H]1c2snnc2-c2cc(Cl)ccc2S1(=O)=O. The monoisotopic (exact) mass is 286 g/mol. The normalized spacial score (nSPS) is 20.7. The Balaban J connectivity index is 2.45. The molecule has 3 rings (SSSR count). The molecular weight excluding hydrogens is 280 g/mol. The number of benzene rings is 1. The van der Waals surface area contributed by atoms with Crippen molar-refractivity contribution in [2.75, 3.05) is 0 Å². The van der Waals surface area contributed by atoms with Crippen LogP contribution in [0.3, 0.4) is 0 Å². The molecule has 1 aliphatic heterocycles. The van der Waals surface area contributed by atoms with Gasteiger partial charge in [-0.05, 0) is 36.7 Å². The predicted molar refractivity (Wildman–Crippen MR) is 66.0 cm³/mol. The van der Waals surface area contributed by atoms with Crippen LogP contribution in [0.1, 0.15) is 17.1 Å². The van der Waals surface area contributed by atoms with E-state index in [9.17, 15) is 8.42 Å². The molecule has 1 aromatic heterocycles. The van der Waals surface area contributed by atoms with Crippen molar-refractivity contribution in [1.29, 1.82) is 0 Å². The molecule has 0 fully saturated rings. The number of hydrogen-bond donors (Lipinski definition) is 0. The van der Waals surface area contributed by atoms with Crippen LogP contribution in [-0.2, 0) is 9.84 Å². The number of rotatable bonds is 0. The first-order valence-corrected chi connectivity index (χ1v) is 7.57. The van der Waals surface area contributed by atoms with Gasteiger partial charge in [0.15, 0.2) is 9.84 Å². The molecule has 0 spiro atoms. The molecule has 1 atom stereocenters. The standard InChI is InChI=1S/C10H7ClN2O2S2/c1-5-10-9(12-13-16-10)7-4-6(11)2-3-8(7)17(5,14)15/h2-5H,1H3/t5-/m0/s1. The molecule has 0 aliphatic carbocycles. The first-order chi connectivity index (χ1) is 8.01. The second kappa shape index (κ2) is 3.51. The summed E-state index contributed by atoms with van der Waals surface area (Å²) in [5, 5.41) is 3.90. The first-order valence-electron chi connectivity index (χ1n) is 4.88. The fourth-order valence-electron chi connectivity index (χ4n) is 1.92. The first kappa shape index (κ1) is 11.1. The highest BCUT2D eigenvalue weighted by atomic mass is 35.5. The van der Waals surface area contributed by atoms with Gasteiger partial charge in [0.1, 0.15) is 10.9 Å². The molecule has 0 N–H and O–H groups in total. The van der Waals surface area contributed by atoms with E-state index < -0.39 is 15.1 Å². The molecular formula is C10H7ClN2O2S2. The number of hydrogen-bond acceptors (Lipinski definition) is 5. The summed E-state index contributed by atoms with van der Waals surface area (Å²) in [6.07, 6.45) is 0. The number of nitrogens with zero attached hydrogens (tertiary/aromatic N) is 2. The Bertz CT molecular complexity index is 709. The van der Waals surface area contributed by atoms with E-state index in [-0.39, 0.29) is 4.90 Å². The third kappa shape index (κ3) is 1.44. The Morgan fingerprint density at radius 2 is 2.18 bits per heavy atom. The van der Waals surface area contributed by atoms with Gasteiger partial charge in [0, 0.05) is 10.6 Å². The summed E-state index contributed by atoms with van der Waals surface area (Å²) in [4.78, 5) is 0.967. The van der Waals surface area contributed by atoms with Gasteiger partial charge in [-0.3, -0.25) is 0 Å². The maximum Gasteiger partial charge on any atom is 0.186 e. The molecule has 0 saturated heterocycles. The van der Waals surface area contributed by atoms with Gasteiger partial charge < -0.3 is 0 Å². The number of aromatic nitrogens is 2. The van der Waals surface area contributed by atoms with Crippen molar-refractivity contribution in [2.24, 2.45) is 0 Å². The molecule has 88 valence electrons. The lowest BCUT2D eigenvalue weighted by molar-refractivity contribution is 0.586. The Kier molecular flexibility index (Phi) is 2.30. The highest BCUT2D eigenvalue weighted by Gasteiger charge is 2.37. The molecule has 0 radical (unpaired) electrons. The third-order valence-electron chi connectivity index (χ3n) is 2.85. The average molecular weight is 287 g/mol. The van der Waals surface area contributed by atoms with Crippen molar-refractivity contribution >= 4 is 33.0 Å². The van der Waals surface area contributed by atoms with Crippen LogP contribution in [0.2, 0.25) is 5.02 Å². The van der Waals surface area contributed by atoms with E-state index in [2.05, 4.69) is 9.59 Å². The van der Waals surface area contributed by atoms with Gasteiger partial charge in [0.05, 0.1) is 9.77 Å². The highest BCUT2D eigenvalue weighted by molar-refractivity contribution is 7.92. The molecule has 7 heteroatoms. The summed E-state index contributed by atoms with van der Waals surface area (Å²) in [5.74, 6) is 0. The van der Waals surface area contributed by atoms with Gasteiger partial charge in [-0.15, -0.1) is 5.10 Å². The van der Waals surface area contributed by atoms with Crippen LogP contribution in [0.4, 0.5) is 0 Å². The fourth-order valence-corrected chi connectivity index (χ4v) is 4.69. The molecule has 0 bridgehead atoms. The molecule has 2 aromatic rings. The van der Waals surface area contributed by atoms with Crippen molar-refractivity contribution in [2.45, 2.75) is 17.1 Å². The summed E-state index contributed by atoms with van der Waals surface area (Å²) >= 11 is 7.02. The average Bonchev–Trinajstić information content (AvgIpc) is 2.75. The molecule has 1 aliphatic rings. The zero-order valence-corrected chi connectivity index (χ0v) is 11.1. The van der Waals surface area contributed by atoms with Gasteiger partial charge >= 0.3 is 0 Å². The lowest BCUT2D eigenvalue weighted by Gasteiger charge is -2.20. The van der Waals surface area contributed by atoms with Crippen LogP contribution in [0.25, 0.3) is 11.3 Å². The summed E-state index contributed by atoms with van der Waals surface area (Å²) in [7, 11) is -3.35. The van der Waals surface area contributed by atoms with E-state index in [1.54, 1.807) is 19.1 Å². The van der Waals surface area contributed by atoms with Gasteiger partial charge in [-0.2, -0.15) is 0 Å². The second-order valence-corrected chi connectivity index (χ2v) is 7.27. The van der Waals surface area contributed by atoms with E-state index in [1.165, 1.54) is 6.07 Å². The molecule has 17 heavy (non-hydrogen) atoms. The maximum atomic E-state index is 12.3. The minimum Gasteiger partial charge on any atom is -0.223 e. The molecule has 1 aromatic carbocycles. The number of halogens is 1. The molecule has 0 saturated carbocycles. The van der Waals surface area contributed by atoms with Crippen molar-refractivity contribution < 1.29 is 8.42 Å². The second-order valence-electron chi connectivity index (χ2n) is 3.81. The van der Waals surface area contributed by atoms with E-state index in [0.717, 1.165) is 11.5 Å². The summed E-state index contributed by atoms with van der Waals surface area (Å²) in [6.45, 7) is 1.66. The summed E-state index contributed by atoms with van der Waals surface area (Å²) < 4.78 is 28.4. The fraction of sp³-hybridized carbons (Fsp3) is 0.200.